The van der Waals surface area contributed by atoms with Crippen LogP contribution in [0.3, 0.4) is 0 Å². The second-order valence-electron chi connectivity index (χ2n) is 3.87. The number of nitrogens with zero attached hydrogens (tertiary/aromatic N) is 2. The van der Waals surface area contributed by atoms with E-state index in [1.54, 1.807) is 26.0 Å². The molecule has 1 heterocycles. The first kappa shape index (κ1) is 14.8. The minimum absolute atomic E-state index is 0.00933. The summed E-state index contributed by atoms with van der Waals surface area (Å²) in [4.78, 5) is 3.93. The van der Waals surface area contributed by atoms with Crippen molar-refractivity contribution >= 4 is 31.9 Å². The smallest absolute Gasteiger partial charge is 0.267 e. The van der Waals surface area contributed by atoms with E-state index in [0.29, 0.717) is 16.9 Å². The number of halogens is 1. The van der Waals surface area contributed by atoms with E-state index in [9.17, 15) is 8.42 Å². The fraction of sp³-hybridized carbons (Fsp3) is 0.273. The molecule has 0 aliphatic rings. The fourth-order valence-corrected chi connectivity index (χ4v) is 3.16. The van der Waals surface area contributed by atoms with E-state index in [-0.39, 0.29) is 16.6 Å². The van der Waals surface area contributed by atoms with Gasteiger partial charge in [-0.2, -0.15) is 4.98 Å². The summed E-state index contributed by atoms with van der Waals surface area (Å²) in [5.74, 6) is 0.780. The molecule has 0 saturated carbocycles. The number of aromatic amines is 1. The van der Waals surface area contributed by atoms with Crippen LogP contribution in [0, 0.1) is 6.92 Å². The predicted octanol–water partition coefficient (Wildman–Crippen LogP) is 2.08. The maximum absolute atomic E-state index is 12.4. The lowest BCUT2D eigenvalue weighted by Crippen LogP contribution is -2.15. The molecule has 9 heteroatoms. The third-order valence-electron chi connectivity index (χ3n) is 2.32. The summed E-state index contributed by atoms with van der Waals surface area (Å²) in [5, 5.41) is 6.31. The van der Waals surface area contributed by atoms with Crippen LogP contribution in [0.1, 0.15) is 12.7 Å². The monoisotopic (exact) mass is 360 g/mol. The Kier molecular flexibility index (Phi) is 4.29. The van der Waals surface area contributed by atoms with E-state index in [4.69, 9.17) is 4.74 Å². The van der Waals surface area contributed by atoms with E-state index in [0.717, 1.165) is 0 Å². The molecule has 0 aliphatic carbocycles. The van der Waals surface area contributed by atoms with Gasteiger partial charge in [0.2, 0.25) is 0 Å². The van der Waals surface area contributed by atoms with Crippen LogP contribution >= 0.6 is 15.9 Å². The average molecular weight is 361 g/mol. The van der Waals surface area contributed by atoms with E-state index in [2.05, 4.69) is 35.8 Å². The summed E-state index contributed by atoms with van der Waals surface area (Å²) in [6, 6.07) is 4.76. The lowest BCUT2D eigenvalue weighted by Gasteiger charge is -2.11. The molecule has 2 aromatic rings. The molecule has 0 atom stereocenters. The van der Waals surface area contributed by atoms with E-state index >= 15 is 0 Å². The third kappa shape index (κ3) is 3.28. The molecule has 0 radical (unpaired) electrons. The van der Waals surface area contributed by atoms with Crippen molar-refractivity contribution in [2.24, 2.45) is 0 Å². The normalized spacial score (nSPS) is 11.3. The molecule has 0 saturated heterocycles. The van der Waals surface area contributed by atoms with Crippen LogP contribution in [-0.4, -0.2) is 30.2 Å². The Morgan fingerprint density at radius 3 is 2.80 bits per heavy atom. The first-order valence-corrected chi connectivity index (χ1v) is 8.04. The zero-order valence-electron chi connectivity index (χ0n) is 10.8. The number of benzene rings is 1. The molecule has 1 aromatic heterocycles. The molecule has 0 aliphatic heterocycles. The van der Waals surface area contributed by atoms with E-state index in [1.165, 1.54) is 6.07 Å². The largest absolute Gasteiger partial charge is 0.492 e. The zero-order chi connectivity index (χ0) is 14.8. The molecule has 0 amide bonds. The van der Waals surface area contributed by atoms with Crippen LogP contribution in [0.15, 0.2) is 27.6 Å². The first-order chi connectivity index (χ1) is 9.42. The number of ether oxygens (including phenoxy) is 1. The minimum Gasteiger partial charge on any atom is -0.492 e. The number of rotatable bonds is 5. The summed E-state index contributed by atoms with van der Waals surface area (Å²) in [7, 11) is -3.83. The quantitative estimate of drug-likeness (QED) is 0.850. The van der Waals surface area contributed by atoms with Crippen molar-refractivity contribution in [3.05, 3.63) is 28.5 Å². The van der Waals surface area contributed by atoms with Crippen molar-refractivity contribution in [2.75, 3.05) is 11.3 Å². The molecule has 0 bridgehead atoms. The SMILES string of the molecule is CCOc1ccc(Br)cc1S(=O)(=O)Nc1n[nH]c(C)n1. The van der Waals surface area contributed by atoms with Crippen molar-refractivity contribution in [1.82, 2.24) is 15.2 Å². The minimum atomic E-state index is -3.83. The predicted molar refractivity (Wildman–Crippen MR) is 77.2 cm³/mol. The van der Waals surface area contributed by atoms with Gasteiger partial charge in [0.25, 0.3) is 16.0 Å². The summed E-state index contributed by atoms with van der Waals surface area (Å²) in [6.07, 6.45) is 0. The van der Waals surface area contributed by atoms with Crippen LogP contribution in [0.25, 0.3) is 0 Å². The maximum Gasteiger partial charge on any atom is 0.267 e. The van der Waals surface area contributed by atoms with E-state index in [1.807, 2.05) is 0 Å². The molecular formula is C11H13BrN4O3S. The van der Waals surface area contributed by atoms with Crippen molar-refractivity contribution in [1.29, 1.82) is 0 Å². The van der Waals surface area contributed by atoms with E-state index < -0.39 is 10.0 Å². The van der Waals surface area contributed by atoms with Crippen LogP contribution in [0.2, 0.25) is 0 Å². The molecule has 1 aromatic carbocycles. The van der Waals surface area contributed by atoms with Gasteiger partial charge < -0.3 is 4.74 Å². The molecule has 0 spiro atoms. The number of H-pyrrole nitrogens is 1. The van der Waals surface area contributed by atoms with Gasteiger partial charge in [-0.1, -0.05) is 15.9 Å². The molecule has 2 N–H and O–H groups in total. The number of nitrogens with one attached hydrogen (secondary N) is 2. The highest BCUT2D eigenvalue weighted by molar-refractivity contribution is 9.10. The lowest BCUT2D eigenvalue weighted by atomic mass is 10.3. The van der Waals surface area contributed by atoms with Gasteiger partial charge >= 0.3 is 0 Å². The molecule has 108 valence electrons. The topological polar surface area (TPSA) is 97.0 Å². The summed E-state index contributed by atoms with van der Waals surface area (Å²) in [5.41, 5.74) is 0. The molecular weight excluding hydrogens is 348 g/mol. The number of sulfonamides is 1. The van der Waals surface area contributed by atoms with Gasteiger partial charge in [-0.25, -0.2) is 13.1 Å². The molecule has 0 fully saturated rings. The third-order valence-corrected chi connectivity index (χ3v) is 4.16. The van der Waals surface area contributed by atoms with Crippen LogP contribution in [0.5, 0.6) is 5.75 Å². The van der Waals surface area contributed by atoms with Crippen molar-refractivity contribution in [3.8, 4) is 5.75 Å². The van der Waals surface area contributed by atoms with Gasteiger partial charge in [-0.05, 0) is 32.0 Å². The van der Waals surface area contributed by atoms with Gasteiger partial charge in [-0.3, -0.25) is 5.10 Å². The molecule has 7 nitrogen and oxygen atoms in total. The van der Waals surface area contributed by atoms with Gasteiger partial charge in [0, 0.05) is 4.47 Å². The number of aryl methyl sites for hydroxylation is 1. The Hall–Kier alpha value is -1.61. The Morgan fingerprint density at radius 1 is 1.45 bits per heavy atom. The maximum atomic E-state index is 12.4. The van der Waals surface area contributed by atoms with Crippen molar-refractivity contribution < 1.29 is 13.2 Å². The van der Waals surface area contributed by atoms with Gasteiger partial charge in [-0.15, -0.1) is 5.10 Å². The summed E-state index contributed by atoms with van der Waals surface area (Å²) >= 11 is 3.24. The second kappa shape index (κ2) is 5.80. The summed E-state index contributed by atoms with van der Waals surface area (Å²) in [6.45, 7) is 3.82. The van der Waals surface area contributed by atoms with Crippen LogP contribution < -0.4 is 9.46 Å². The van der Waals surface area contributed by atoms with Crippen LogP contribution in [0.4, 0.5) is 5.95 Å². The lowest BCUT2D eigenvalue weighted by molar-refractivity contribution is 0.331. The first-order valence-electron chi connectivity index (χ1n) is 5.76. The number of hydrogen-bond donors (Lipinski definition) is 2. The standard InChI is InChI=1S/C11H13BrN4O3S/c1-3-19-9-5-4-8(12)6-10(9)20(17,18)16-11-13-7(2)14-15-11/h4-6H,3H2,1-2H3,(H2,13,14,15,16). The highest BCUT2D eigenvalue weighted by atomic mass is 79.9. The van der Waals surface area contributed by atoms with Crippen molar-refractivity contribution in [2.45, 2.75) is 18.7 Å². The molecule has 0 unspecified atom stereocenters. The molecule has 20 heavy (non-hydrogen) atoms. The Balaban J connectivity index is 2.40. The van der Waals surface area contributed by atoms with Gasteiger partial charge in [0.1, 0.15) is 16.5 Å². The second-order valence-corrected chi connectivity index (χ2v) is 6.44. The van der Waals surface area contributed by atoms with Crippen molar-refractivity contribution in [3.63, 3.8) is 0 Å². The average Bonchev–Trinajstić information content (AvgIpc) is 2.76. The molecule has 2 rings (SSSR count). The van der Waals surface area contributed by atoms with Crippen LogP contribution in [-0.2, 0) is 10.0 Å². The summed E-state index contributed by atoms with van der Waals surface area (Å²) < 4.78 is 33.0. The zero-order valence-corrected chi connectivity index (χ0v) is 13.2. The number of hydrogen-bond acceptors (Lipinski definition) is 5. The highest BCUT2D eigenvalue weighted by Gasteiger charge is 2.21. The number of anilines is 1. The van der Waals surface area contributed by atoms with Gasteiger partial charge in [0.05, 0.1) is 6.61 Å². The fourth-order valence-electron chi connectivity index (χ4n) is 1.53. The Labute approximate surface area is 124 Å². The highest BCUT2D eigenvalue weighted by Crippen LogP contribution is 2.28. The number of aromatic nitrogens is 3. The van der Waals surface area contributed by atoms with Gasteiger partial charge in [0.15, 0.2) is 0 Å². The Morgan fingerprint density at radius 2 is 2.20 bits per heavy atom. The Bertz CT molecular complexity index is 714.